The number of likely N-dealkylation sites (N-methyl/N-ethyl adjacent to an activating group) is 2. The van der Waals surface area contributed by atoms with Gasteiger partial charge in [0, 0.05) is 35.7 Å². The summed E-state index contributed by atoms with van der Waals surface area (Å²) in [5.74, 6) is -0.847. The summed E-state index contributed by atoms with van der Waals surface area (Å²) in [4.78, 5) is 82.0. The summed E-state index contributed by atoms with van der Waals surface area (Å²) >= 11 is 2.72. The molecular formula is C48H58N8O8S2. The lowest BCUT2D eigenvalue weighted by Crippen LogP contribution is -2.58. The number of para-hydroxylation sites is 4. The maximum atomic E-state index is 13.8. The van der Waals surface area contributed by atoms with Crippen LogP contribution in [0.25, 0.3) is 0 Å². The van der Waals surface area contributed by atoms with Crippen LogP contribution in [-0.2, 0) is 19.2 Å². The summed E-state index contributed by atoms with van der Waals surface area (Å²) in [6.07, 6.45) is 0. The zero-order valence-corrected chi connectivity index (χ0v) is 39.4. The van der Waals surface area contributed by atoms with Crippen molar-refractivity contribution in [1.29, 1.82) is 0 Å². The average Bonchev–Trinajstić information content (AvgIpc) is 3.80. The molecule has 0 bridgehead atoms. The lowest BCUT2D eigenvalue weighted by molar-refractivity contribution is -0.126. The number of carbonyl (C=O) groups excluding carboxylic acids is 6. The van der Waals surface area contributed by atoms with Crippen LogP contribution in [-0.4, -0.2) is 106 Å². The first-order valence-electron chi connectivity index (χ1n) is 21.9. The summed E-state index contributed by atoms with van der Waals surface area (Å²) in [5, 5.41) is 22.4. The van der Waals surface area contributed by atoms with Crippen molar-refractivity contribution in [3.8, 4) is 23.0 Å². The Morgan fingerprint density at radius 3 is 1.24 bits per heavy atom. The van der Waals surface area contributed by atoms with E-state index >= 15 is 0 Å². The molecule has 2 saturated heterocycles. The molecule has 0 radical (unpaired) electrons. The fourth-order valence-electron chi connectivity index (χ4n) is 7.56. The molecule has 0 aromatic heterocycles. The summed E-state index contributed by atoms with van der Waals surface area (Å²) < 4.78 is 10.6. The zero-order valence-electron chi connectivity index (χ0n) is 37.8. The molecule has 66 heavy (non-hydrogen) atoms. The highest BCUT2D eigenvalue weighted by Crippen LogP contribution is 2.41. The number of hydrogen-bond acceptors (Lipinski definition) is 12. The molecule has 2 aliphatic rings. The van der Waals surface area contributed by atoms with Crippen molar-refractivity contribution in [3.63, 3.8) is 0 Å². The van der Waals surface area contributed by atoms with Crippen LogP contribution in [0.2, 0.25) is 0 Å². The molecule has 6 rings (SSSR count). The van der Waals surface area contributed by atoms with Crippen molar-refractivity contribution in [3.05, 3.63) is 120 Å². The average molecular weight is 939 g/mol. The quantitative estimate of drug-likeness (QED) is 0.0619. The number of benzene rings is 4. The highest BCUT2D eigenvalue weighted by Gasteiger charge is 2.50. The smallest absolute Gasteiger partial charge is 0.255 e. The van der Waals surface area contributed by atoms with Crippen molar-refractivity contribution in [2.75, 3.05) is 26.2 Å². The normalized spacial score (nSPS) is 20.2. The van der Waals surface area contributed by atoms with E-state index in [1.807, 2.05) is 64.1 Å². The Hall–Kier alpha value is -6.08. The van der Waals surface area contributed by atoms with Crippen molar-refractivity contribution >= 4 is 59.0 Å². The lowest BCUT2D eigenvalue weighted by atomic mass is 10.0. The molecule has 0 spiro atoms. The maximum absolute atomic E-state index is 13.8. The highest BCUT2D eigenvalue weighted by atomic mass is 32.2. The van der Waals surface area contributed by atoms with Gasteiger partial charge in [-0.2, -0.15) is 0 Å². The fraction of sp³-hybridized carbons (Fsp3) is 0.375. The van der Waals surface area contributed by atoms with Gasteiger partial charge in [-0.1, -0.05) is 60.7 Å². The van der Waals surface area contributed by atoms with E-state index in [0.717, 1.165) is 0 Å². The van der Waals surface area contributed by atoms with Gasteiger partial charge >= 0.3 is 0 Å². The number of carbonyl (C=O) groups is 6. The van der Waals surface area contributed by atoms with E-state index in [1.165, 1.54) is 23.5 Å². The first kappa shape index (κ1) is 49.4. The van der Waals surface area contributed by atoms with E-state index in [4.69, 9.17) is 9.47 Å². The Labute approximate surface area is 393 Å². The van der Waals surface area contributed by atoms with Gasteiger partial charge in [0.05, 0.1) is 21.9 Å². The number of ether oxygens (including phenoxy) is 2. The van der Waals surface area contributed by atoms with Crippen LogP contribution >= 0.6 is 23.5 Å². The monoisotopic (exact) mass is 938 g/mol. The molecule has 16 nitrogen and oxygen atoms in total. The van der Waals surface area contributed by atoms with Crippen LogP contribution in [0.1, 0.15) is 62.3 Å². The van der Waals surface area contributed by atoms with Crippen LogP contribution in [0.5, 0.6) is 23.0 Å². The Kier molecular flexibility index (Phi) is 16.8. The van der Waals surface area contributed by atoms with Crippen LogP contribution in [0.4, 0.5) is 0 Å². The molecule has 4 aromatic rings. The van der Waals surface area contributed by atoms with Crippen molar-refractivity contribution < 1.29 is 38.2 Å². The molecule has 8 N–H and O–H groups in total. The molecule has 0 unspecified atom stereocenters. The minimum absolute atomic E-state index is 0.0919. The zero-order chi connectivity index (χ0) is 47.4. The lowest BCUT2D eigenvalue weighted by Gasteiger charge is -2.25. The van der Waals surface area contributed by atoms with Crippen LogP contribution in [0.3, 0.4) is 0 Å². The molecule has 0 saturated carbocycles. The molecule has 350 valence electrons. The van der Waals surface area contributed by atoms with Gasteiger partial charge in [0.15, 0.2) is 0 Å². The van der Waals surface area contributed by atoms with E-state index in [2.05, 4.69) is 42.5 Å². The molecule has 2 heterocycles. The first-order valence-corrected chi connectivity index (χ1v) is 23.6. The van der Waals surface area contributed by atoms with Gasteiger partial charge in [-0.15, -0.1) is 23.5 Å². The molecule has 2 fully saturated rings. The predicted molar refractivity (Wildman–Crippen MR) is 257 cm³/mol. The van der Waals surface area contributed by atoms with Gasteiger partial charge in [0.1, 0.15) is 47.2 Å². The predicted octanol–water partition coefficient (Wildman–Crippen LogP) is 4.29. The second-order valence-electron chi connectivity index (χ2n) is 16.6. The largest absolute Gasteiger partial charge is 0.457 e. The van der Waals surface area contributed by atoms with E-state index in [-0.39, 0.29) is 36.0 Å². The SMILES string of the molecule is CCNC(=O)[C@@H](NC(=O)c1ccccc1Oc1ccccc1)[C@@H]1N[C@@H](C(=O)NCCNC(=O)[C@@H]2N[C@@H]([C@H](NC(=O)c3ccccc3Oc3ccccc3)C(=O)NCC)SC2(C)C)C(C)(C)S1. The van der Waals surface area contributed by atoms with E-state index in [1.54, 1.807) is 86.6 Å². The van der Waals surface area contributed by atoms with Gasteiger partial charge < -0.3 is 41.4 Å². The third-order valence-electron chi connectivity index (χ3n) is 10.8. The number of thioether (sulfide) groups is 2. The van der Waals surface area contributed by atoms with Gasteiger partial charge in [-0.25, -0.2) is 0 Å². The Bertz CT molecular complexity index is 2190. The molecule has 18 heteroatoms. The molecule has 2 aliphatic heterocycles. The van der Waals surface area contributed by atoms with Crippen molar-refractivity contribution in [1.82, 2.24) is 42.5 Å². The maximum Gasteiger partial charge on any atom is 0.255 e. The summed E-state index contributed by atoms with van der Waals surface area (Å²) in [6.45, 7) is 11.9. The molecule has 6 atom stereocenters. The van der Waals surface area contributed by atoms with Crippen LogP contribution < -0.4 is 52.0 Å². The standard InChI is InChI=1S/C48H58N8O8S2/c1-7-49-41(59)35(53-39(57)31-23-15-17-25-33(31)63-29-19-11-9-12-20-29)45-55-37(47(3,4)65-45)43(61)51-27-28-52-44(62)38-48(5,6)66-46(56-38)36(42(60)50-8-2)54-40(58)32-24-16-18-26-34(32)64-30-21-13-10-14-22-30/h9-26,35-38,45-46,55-56H,7-8,27-28H2,1-6H3,(H,49,59)(H,50,60)(H,51,61)(H,52,62)(H,53,57)(H,54,58)/t35-,36-,37+,38+,45-,46-/m1/s1. The Morgan fingerprint density at radius 2 is 0.879 bits per heavy atom. The molecule has 6 amide bonds. The van der Waals surface area contributed by atoms with Crippen LogP contribution in [0, 0.1) is 0 Å². The summed E-state index contributed by atoms with van der Waals surface area (Å²) in [6, 6.07) is 28.0. The van der Waals surface area contributed by atoms with Gasteiger partial charge in [0.25, 0.3) is 11.8 Å². The fourth-order valence-corrected chi connectivity index (χ4v) is 10.6. The van der Waals surface area contributed by atoms with Crippen molar-refractivity contribution in [2.24, 2.45) is 0 Å². The van der Waals surface area contributed by atoms with Gasteiger partial charge in [0.2, 0.25) is 23.6 Å². The minimum Gasteiger partial charge on any atom is -0.457 e. The number of amides is 6. The first-order chi connectivity index (χ1) is 31.6. The topological polar surface area (TPSA) is 217 Å². The molecular weight excluding hydrogens is 881 g/mol. The number of nitrogens with one attached hydrogen (secondary N) is 8. The number of hydrogen-bond donors (Lipinski definition) is 8. The third kappa shape index (κ3) is 12.4. The summed E-state index contributed by atoms with van der Waals surface area (Å²) in [7, 11) is 0. The van der Waals surface area contributed by atoms with E-state index < -0.39 is 68.0 Å². The Morgan fingerprint density at radius 1 is 0.530 bits per heavy atom. The van der Waals surface area contributed by atoms with Gasteiger partial charge in [-0.05, 0) is 90.1 Å². The van der Waals surface area contributed by atoms with Crippen LogP contribution in [0.15, 0.2) is 109 Å². The second-order valence-corrected chi connectivity index (χ2v) is 20.2. The third-order valence-corrected chi connectivity index (χ3v) is 13.8. The Balaban J connectivity index is 1.04. The van der Waals surface area contributed by atoms with E-state index in [0.29, 0.717) is 36.1 Å². The number of rotatable bonds is 19. The second kappa shape index (κ2) is 22.4. The minimum atomic E-state index is -1.06. The highest BCUT2D eigenvalue weighted by molar-refractivity contribution is 8.01. The van der Waals surface area contributed by atoms with E-state index in [9.17, 15) is 28.8 Å². The molecule has 4 aromatic carbocycles. The molecule has 0 aliphatic carbocycles. The van der Waals surface area contributed by atoms with Gasteiger partial charge in [-0.3, -0.25) is 39.4 Å². The van der Waals surface area contributed by atoms with Crippen molar-refractivity contribution in [2.45, 2.75) is 86.0 Å². The summed E-state index contributed by atoms with van der Waals surface area (Å²) in [5.41, 5.74) is 0.472.